The number of carbonyl (C=O) groups is 2. The van der Waals surface area contributed by atoms with Crippen LogP contribution >= 0.6 is 0 Å². The molecule has 1 rings (SSSR count). The lowest BCUT2D eigenvalue weighted by molar-refractivity contribution is -0.172. The van der Waals surface area contributed by atoms with Gasteiger partial charge in [-0.3, -0.25) is 9.59 Å². The molecule has 15 heavy (non-hydrogen) atoms. The van der Waals surface area contributed by atoms with Crippen LogP contribution in [-0.2, 0) is 14.3 Å². The van der Waals surface area contributed by atoms with Crippen molar-refractivity contribution in [3.8, 4) is 0 Å². The summed E-state index contributed by atoms with van der Waals surface area (Å²) in [6.45, 7) is 3.43. The van der Waals surface area contributed by atoms with E-state index >= 15 is 0 Å². The predicted octanol–water partition coefficient (Wildman–Crippen LogP) is 1.75. The van der Waals surface area contributed by atoms with E-state index < -0.39 is 17.4 Å². The van der Waals surface area contributed by atoms with E-state index in [4.69, 9.17) is 9.84 Å². The number of hydrogen-bond acceptors (Lipinski definition) is 3. The van der Waals surface area contributed by atoms with E-state index in [9.17, 15) is 9.59 Å². The summed E-state index contributed by atoms with van der Waals surface area (Å²) in [6.07, 6.45) is 4.51. The molecule has 1 N–H and O–H groups in total. The second-order valence-electron chi connectivity index (χ2n) is 4.06. The first-order valence-electron chi connectivity index (χ1n) is 5.08. The molecule has 0 aromatic rings. The highest BCUT2D eigenvalue weighted by Gasteiger charge is 2.47. The minimum atomic E-state index is -1.36. The van der Waals surface area contributed by atoms with Crippen molar-refractivity contribution in [1.29, 1.82) is 0 Å². The Bertz CT molecular complexity index is 293. The van der Waals surface area contributed by atoms with E-state index in [0.29, 0.717) is 12.8 Å². The van der Waals surface area contributed by atoms with Crippen molar-refractivity contribution in [3.63, 3.8) is 0 Å². The summed E-state index contributed by atoms with van der Waals surface area (Å²) in [4.78, 5) is 22.9. The zero-order valence-electron chi connectivity index (χ0n) is 9.03. The molecule has 84 valence electrons. The highest BCUT2D eigenvalue weighted by Crippen LogP contribution is 2.34. The molecule has 0 bridgehead atoms. The van der Waals surface area contributed by atoms with Crippen LogP contribution in [0.3, 0.4) is 0 Å². The molecule has 0 aliphatic heterocycles. The van der Waals surface area contributed by atoms with Gasteiger partial charge in [-0.1, -0.05) is 12.2 Å². The highest BCUT2D eigenvalue weighted by atomic mass is 16.5. The van der Waals surface area contributed by atoms with Gasteiger partial charge in [0.25, 0.3) is 0 Å². The third kappa shape index (κ3) is 2.37. The third-order valence-electron chi connectivity index (χ3n) is 2.51. The molecule has 0 amide bonds. The number of carboxylic acids is 1. The molecule has 0 saturated carbocycles. The smallest absolute Gasteiger partial charge is 0.324 e. The van der Waals surface area contributed by atoms with Crippen LogP contribution < -0.4 is 0 Å². The van der Waals surface area contributed by atoms with Crippen molar-refractivity contribution in [2.45, 2.75) is 39.2 Å². The van der Waals surface area contributed by atoms with Crippen molar-refractivity contribution < 1.29 is 19.4 Å². The molecule has 1 aliphatic rings. The number of ether oxygens (including phenoxy) is 1. The molecule has 1 atom stereocenters. The van der Waals surface area contributed by atoms with Gasteiger partial charge >= 0.3 is 11.9 Å². The Kier molecular flexibility index (Phi) is 3.50. The Labute approximate surface area is 88.9 Å². The van der Waals surface area contributed by atoms with Crippen molar-refractivity contribution in [2.75, 3.05) is 0 Å². The van der Waals surface area contributed by atoms with E-state index in [1.165, 1.54) is 0 Å². The lowest BCUT2D eigenvalue weighted by Crippen LogP contribution is -2.42. The first-order valence-corrected chi connectivity index (χ1v) is 5.08. The van der Waals surface area contributed by atoms with E-state index in [2.05, 4.69) is 0 Å². The molecule has 0 radical (unpaired) electrons. The van der Waals surface area contributed by atoms with Gasteiger partial charge < -0.3 is 9.84 Å². The van der Waals surface area contributed by atoms with Gasteiger partial charge in [0.15, 0.2) is 5.41 Å². The average Bonchev–Trinajstić information content (AvgIpc) is 2.17. The summed E-state index contributed by atoms with van der Waals surface area (Å²) in [5.41, 5.74) is -1.36. The normalized spacial score (nSPS) is 25.3. The van der Waals surface area contributed by atoms with Crippen molar-refractivity contribution >= 4 is 11.9 Å². The molecule has 4 heteroatoms. The predicted molar refractivity (Wildman–Crippen MR) is 54.3 cm³/mol. The van der Waals surface area contributed by atoms with Crippen LogP contribution in [0.4, 0.5) is 0 Å². The Hall–Kier alpha value is -1.32. The van der Waals surface area contributed by atoms with Crippen molar-refractivity contribution in [2.24, 2.45) is 5.41 Å². The first-order chi connectivity index (χ1) is 6.99. The van der Waals surface area contributed by atoms with Crippen LogP contribution in [0.25, 0.3) is 0 Å². The molecule has 1 unspecified atom stereocenters. The molecule has 0 aromatic heterocycles. The standard InChI is InChI=1S/C11H16O4/c1-8(2)15-10(14)11(9(12)13)6-4-3-5-7-11/h3-4,8H,5-7H2,1-2H3,(H,12,13). The van der Waals surface area contributed by atoms with Crippen molar-refractivity contribution in [3.05, 3.63) is 12.2 Å². The van der Waals surface area contributed by atoms with Gasteiger partial charge in [-0.15, -0.1) is 0 Å². The summed E-state index contributed by atoms with van der Waals surface area (Å²) in [5.74, 6) is -1.70. The van der Waals surface area contributed by atoms with Gasteiger partial charge in [-0.2, -0.15) is 0 Å². The number of rotatable bonds is 3. The maximum atomic E-state index is 11.7. The number of allylic oxidation sites excluding steroid dienone is 2. The Morgan fingerprint density at radius 2 is 2.07 bits per heavy atom. The number of aliphatic carboxylic acids is 1. The Morgan fingerprint density at radius 3 is 2.47 bits per heavy atom. The maximum Gasteiger partial charge on any atom is 0.324 e. The lowest BCUT2D eigenvalue weighted by Gasteiger charge is -2.28. The molecule has 0 aromatic carbocycles. The van der Waals surface area contributed by atoms with Crippen LogP contribution in [0, 0.1) is 5.41 Å². The van der Waals surface area contributed by atoms with E-state index in [1.807, 2.05) is 6.08 Å². The average molecular weight is 212 g/mol. The maximum absolute atomic E-state index is 11.7. The van der Waals surface area contributed by atoms with Gasteiger partial charge in [-0.25, -0.2) is 0 Å². The number of carbonyl (C=O) groups excluding carboxylic acids is 1. The zero-order chi connectivity index (χ0) is 11.5. The molecule has 0 spiro atoms. The Morgan fingerprint density at radius 1 is 1.40 bits per heavy atom. The summed E-state index contributed by atoms with van der Waals surface area (Å²) in [7, 11) is 0. The zero-order valence-corrected chi connectivity index (χ0v) is 9.03. The minimum Gasteiger partial charge on any atom is -0.480 e. The second-order valence-corrected chi connectivity index (χ2v) is 4.06. The highest BCUT2D eigenvalue weighted by molar-refractivity contribution is 5.99. The summed E-state index contributed by atoms with van der Waals surface area (Å²) in [6, 6.07) is 0. The number of esters is 1. The van der Waals surface area contributed by atoms with E-state index in [1.54, 1.807) is 19.9 Å². The fourth-order valence-electron chi connectivity index (χ4n) is 1.63. The van der Waals surface area contributed by atoms with Gasteiger partial charge in [0, 0.05) is 0 Å². The van der Waals surface area contributed by atoms with E-state index in [-0.39, 0.29) is 12.5 Å². The largest absolute Gasteiger partial charge is 0.480 e. The molecular weight excluding hydrogens is 196 g/mol. The number of carboxylic acid groups (broad SMARTS) is 1. The van der Waals surface area contributed by atoms with Gasteiger partial charge in [0.1, 0.15) is 0 Å². The van der Waals surface area contributed by atoms with Crippen LogP contribution in [0.5, 0.6) is 0 Å². The Balaban J connectivity index is 2.86. The van der Waals surface area contributed by atoms with Crippen LogP contribution in [0.2, 0.25) is 0 Å². The molecule has 4 nitrogen and oxygen atoms in total. The van der Waals surface area contributed by atoms with Gasteiger partial charge in [0.2, 0.25) is 0 Å². The van der Waals surface area contributed by atoms with Gasteiger partial charge in [-0.05, 0) is 33.1 Å². The van der Waals surface area contributed by atoms with Gasteiger partial charge in [0.05, 0.1) is 6.10 Å². The lowest BCUT2D eigenvalue weighted by atomic mass is 9.77. The van der Waals surface area contributed by atoms with Crippen LogP contribution in [-0.4, -0.2) is 23.1 Å². The van der Waals surface area contributed by atoms with Crippen LogP contribution in [0.15, 0.2) is 12.2 Å². The molecular formula is C11H16O4. The monoisotopic (exact) mass is 212 g/mol. The minimum absolute atomic E-state index is 0.230. The summed E-state index contributed by atoms with van der Waals surface area (Å²) in [5, 5.41) is 9.14. The molecule has 0 saturated heterocycles. The SMILES string of the molecule is CC(C)OC(=O)C1(C(=O)O)CC=CCC1. The fraction of sp³-hybridized carbons (Fsp3) is 0.636. The van der Waals surface area contributed by atoms with Crippen LogP contribution in [0.1, 0.15) is 33.1 Å². The second kappa shape index (κ2) is 4.47. The summed E-state index contributed by atoms with van der Waals surface area (Å²) >= 11 is 0. The molecule has 0 fully saturated rings. The summed E-state index contributed by atoms with van der Waals surface area (Å²) < 4.78 is 5.00. The first kappa shape index (κ1) is 11.8. The van der Waals surface area contributed by atoms with E-state index in [0.717, 1.165) is 0 Å². The quantitative estimate of drug-likeness (QED) is 0.439. The number of hydrogen-bond donors (Lipinski definition) is 1. The molecule has 1 aliphatic carbocycles. The molecule has 0 heterocycles. The topological polar surface area (TPSA) is 63.6 Å². The third-order valence-corrected chi connectivity index (χ3v) is 2.51. The van der Waals surface area contributed by atoms with Crippen molar-refractivity contribution in [1.82, 2.24) is 0 Å². The fourth-order valence-corrected chi connectivity index (χ4v) is 1.63.